The summed E-state index contributed by atoms with van der Waals surface area (Å²) in [6.07, 6.45) is 0.404. The molecule has 14 heavy (non-hydrogen) atoms. The van der Waals surface area contributed by atoms with Crippen LogP contribution < -0.4 is 0 Å². The van der Waals surface area contributed by atoms with Crippen molar-refractivity contribution in [1.82, 2.24) is 0 Å². The lowest BCUT2D eigenvalue weighted by Crippen LogP contribution is -1.97. The maximum atomic E-state index is 9.72. The maximum absolute atomic E-state index is 9.72. The summed E-state index contributed by atoms with van der Waals surface area (Å²) in [7, 11) is 0. The van der Waals surface area contributed by atoms with Crippen molar-refractivity contribution < 1.29 is 5.11 Å². The Morgan fingerprint density at radius 1 is 1.36 bits per heavy atom. The minimum Gasteiger partial charge on any atom is -0.388 e. The lowest BCUT2D eigenvalue weighted by molar-refractivity contribution is 0.169. The van der Waals surface area contributed by atoms with Crippen molar-refractivity contribution in [2.45, 2.75) is 32.8 Å². The van der Waals surface area contributed by atoms with Gasteiger partial charge in [-0.3, -0.25) is 0 Å². The summed E-state index contributed by atoms with van der Waals surface area (Å²) in [5, 5.41) is 18.1. The van der Waals surface area contributed by atoms with E-state index in [1.54, 1.807) is 0 Å². The molecular formula is C12H15NO. The first-order chi connectivity index (χ1) is 6.65. The van der Waals surface area contributed by atoms with E-state index in [0.717, 1.165) is 5.56 Å². The normalized spacial score (nSPS) is 12.1. The van der Waals surface area contributed by atoms with Crippen LogP contribution in [-0.4, -0.2) is 5.11 Å². The van der Waals surface area contributed by atoms with Crippen LogP contribution in [0.4, 0.5) is 0 Å². The van der Waals surface area contributed by atoms with Gasteiger partial charge in [-0.2, -0.15) is 5.26 Å². The van der Waals surface area contributed by atoms with Gasteiger partial charge in [0.15, 0.2) is 0 Å². The summed E-state index contributed by atoms with van der Waals surface area (Å²) in [6, 6.07) is 7.94. The summed E-state index contributed by atoms with van der Waals surface area (Å²) < 4.78 is 0. The number of hydrogen-bond donors (Lipinski definition) is 1. The number of hydrogen-bond acceptors (Lipinski definition) is 2. The summed E-state index contributed by atoms with van der Waals surface area (Å²) in [6.45, 7) is 4.07. The van der Waals surface area contributed by atoms with Crippen LogP contribution in [0.2, 0.25) is 0 Å². The maximum Gasteiger partial charge on any atom is 0.0800 e. The van der Waals surface area contributed by atoms with Crippen molar-refractivity contribution >= 4 is 0 Å². The first kappa shape index (κ1) is 10.7. The predicted molar refractivity (Wildman–Crippen MR) is 55.7 cm³/mol. The Morgan fingerprint density at radius 3 is 2.64 bits per heavy atom. The van der Waals surface area contributed by atoms with E-state index in [9.17, 15) is 5.11 Å². The molecule has 1 aromatic carbocycles. The van der Waals surface area contributed by atoms with Gasteiger partial charge in [0.05, 0.1) is 12.2 Å². The Bertz CT molecular complexity index is 352. The van der Waals surface area contributed by atoms with Gasteiger partial charge in [0.2, 0.25) is 0 Å². The smallest absolute Gasteiger partial charge is 0.0800 e. The number of nitrogens with zero attached hydrogens (tertiary/aromatic N) is 1. The second-order valence-corrected chi connectivity index (χ2v) is 3.56. The predicted octanol–water partition coefficient (Wildman–Crippen LogP) is 2.64. The van der Waals surface area contributed by atoms with Crippen molar-refractivity contribution in [3.8, 4) is 6.07 Å². The van der Waals surface area contributed by atoms with E-state index in [1.807, 2.05) is 38.1 Å². The van der Waals surface area contributed by atoms with Gasteiger partial charge in [0.1, 0.15) is 0 Å². The molecule has 1 aromatic rings. The van der Waals surface area contributed by atoms with Crippen molar-refractivity contribution in [3.05, 3.63) is 34.9 Å². The zero-order valence-electron chi connectivity index (χ0n) is 8.62. The van der Waals surface area contributed by atoms with E-state index in [2.05, 4.69) is 0 Å². The molecular weight excluding hydrogens is 174 g/mol. The number of aliphatic hydroxyl groups is 1. The fourth-order valence-electron chi connectivity index (χ4n) is 1.34. The highest BCUT2D eigenvalue weighted by Gasteiger charge is 2.07. The van der Waals surface area contributed by atoms with Crippen LogP contribution in [0.3, 0.4) is 0 Å². The van der Waals surface area contributed by atoms with Crippen molar-refractivity contribution in [2.75, 3.05) is 0 Å². The Kier molecular flexibility index (Phi) is 3.67. The number of benzene rings is 1. The molecule has 2 nitrogen and oxygen atoms in total. The van der Waals surface area contributed by atoms with Crippen LogP contribution in [0.1, 0.15) is 35.6 Å². The molecule has 2 heteroatoms. The number of aryl methyl sites for hydroxylation is 2. The van der Waals surface area contributed by atoms with E-state index in [1.165, 1.54) is 11.1 Å². The van der Waals surface area contributed by atoms with Gasteiger partial charge in [-0.25, -0.2) is 0 Å². The molecule has 0 bridgehead atoms. The third kappa shape index (κ3) is 2.58. The molecule has 0 aromatic heterocycles. The fourth-order valence-corrected chi connectivity index (χ4v) is 1.34. The minimum absolute atomic E-state index is 0.397. The SMILES string of the molecule is Cc1ccc(C(O)CCC#N)cc1C. The van der Waals surface area contributed by atoms with E-state index < -0.39 is 6.10 Å². The zero-order valence-corrected chi connectivity index (χ0v) is 8.62. The van der Waals surface area contributed by atoms with Gasteiger partial charge in [0.25, 0.3) is 0 Å². The number of rotatable bonds is 3. The molecule has 74 valence electrons. The Labute approximate surface area is 84.8 Å². The van der Waals surface area contributed by atoms with E-state index in [4.69, 9.17) is 5.26 Å². The second-order valence-electron chi connectivity index (χ2n) is 3.56. The van der Waals surface area contributed by atoms with Crippen LogP contribution in [0, 0.1) is 25.2 Å². The first-order valence-corrected chi connectivity index (χ1v) is 4.77. The van der Waals surface area contributed by atoms with Crippen LogP contribution in [0.25, 0.3) is 0 Å². The second kappa shape index (κ2) is 4.78. The summed E-state index contributed by atoms with van der Waals surface area (Å²) >= 11 is 0. The number of aliphatic hydroxyl groups excluding tert-OH is 1. The van der Waals surface area contributed by atoms with Crippen molar-refractivity contribution in [2.24, 2.45) is 0 Å². The van der Waals surface area contributed by atoms with E-state index in [0.29, 0.717) is 12.8 Å². The highest BCUT2D eigenvalue weighted by Crippen LogP contribution is 2.20. The van der Waals surface area contributed by atoms with Gasteiger partial charge in [0, 0.05) is 6.42 Å². The van der Waals surface area contributed by atoms with Gasteiger partial charge >= 0.3 is 0 Å². The number of nitriles is 1. The molecule has 0 aliphatic rings. The molecule has 0 saturated carbocycles. The molecule has 1 rings (SSSR count). The third-order valence-corrected chi connectivity index (χ3v) is 2.45. The van der Waals surface area contributed by atoms with Gasteiger partial charge in [-0.05, 0) is 37.0 Å². The summed E-state index contributed by atoms with van der Waals surface area (Å²) in [4.78, 5) is 0. The molecule has 0 amide bonds. The average molecular weight is 189 g/mol. The Hall–Kier alpha value is -1.33. The molecule has 0 aliphatic carbocycles. The summed E-state index contributed by atoms with van der Waals surface area (Å²) in [5.74, 6) is 0. The molecule has 1 N–H and O–H groups in total. The largest absolute Gasteiger partial charge is 0.388 e. The molecule has 0 spiro atoms. The molecule has 0 heterocycles. The quantitative estimate of drug-likeness (QED) is 0.794. The topological polar surface area (TPSA) is 44.0 Å². The van der Waals surface area contributed by atoms with Crippen molar-refractivity contribution in [3.63, 3.8) is 0 Å². The average Bonchev–Trinajstić information content (AvgIpc) is 2.18. The lowest BCUT2D eigenvalue weighted by atomic mass is 10.0. The Balaban J connectivity index is 2.76. The highest BCUT2D eigenvalue weighted by molar-refractivity contribution is 5.31. The molecule has 0 radical (unpaired) electrons. The van der Waals surface area contributed by atoms with Crippen LogP contribution >= 0.6 is 0 Å². The van der Waals surface area contributed by atoms with E-state index in [-0.39, 0.29) is 0 Å². The van der Waals surface area contributed by atoms with Crippen LogP contribution in [-0.2, 0) is 0 Å². The highest BCUT2D eigenvalue weighted by atomic mass is 16.3. The van der Waals surface area contributed by atoms with Gasteiger partial charge < -0.3 is 5.11 Å². The fraction of sp³-hybridized carbons (Fsp3) is 0.417. The summed E-state index contributed by atoms with van der Waals surface area (Å²) in [5.41, 5.74) is 3.31. The van der Waals surface area contributed by atoms with Crippen molar-refractivity contribution in [1.29, 1.82) is 5.26 Å². The molecule has 1 atom stereocenters. The van der Waals surface area contributed by atoms with Crippen LogP contribution in [0.5, 0.6) is 0 Å². The van der Waals surface area contributed by atoms with Gasteiger partial charge in [-0.1, -0.05) is 18.2 Å². The van der Waals surface area contributed by atoms with Gasteiger partial charge in [-0.15, -0.1) is 0 Å². The lowest BCUT2D eigenvalue weighted by Gasteiger charge is -2.10. The molecule has 0 aliphatic heterocycles. The first-order valence-electron chi connectivity index (χ1n) is 4.77. The zero-order chi connectivity index (χ0) is 10.6. The van der Waals surface area contributed by atoms with Crippen LogP contribution in [0.15, 0.2) is 18.2 Å². The monoisotopic (exact) mass is 189 g/mol. The Morgan fingerprint density at radius 2 is 2.07 bits per heavy atom. The molecule has 0 fully saturated rings. The third-order valence-electron chi connectivity index (χ3n) is 2.45. The minimum atomic E-state index is -0.506. The standard InChI is InChI=1S/C12H15NO/c1-9-5-6-11(8-10(9)2)12(14)4-3-7-13/h5-6,8,12,14H,3-4H2,1-2H3. The molecule has 1 unspecified atom stereocenters. The molecule has 0 saturated heterocycles. The van der Waals surface area contributed by atoms with E-state index >= 15 is 0 Å².